The van der Waals surface area contributed by atoms with Crippen LogP contribution in [0.1, 0.15) is 52.1 Å². The van der Waals surface area contributed by atoms with E-state index in [2.05, 4.69) is 5.32 Å². The second-order valence-corrected chi connectivity index (χ2v) is 10.5. The van der Waals surface area contributed by atoms with Crippen LogP contribution in [0.15, 0.2) is 76.3 Å². The van der Waals surface area contributed by atoms with Gasteiger partial charge in [-0.2, -0.15) is 0 Å². The van der Waals surface area contributed by atoms with Crippen molar-refractivity contribution in [2.45, 2.75) is 39.1 Å². The number of ether oxygens (including phenoxy) is 2. The van der Waals surface area contributed by atoms with Gasteiger partial charge in [0.2, 0.25) is 0 Å². The minimum Gasteiger partial charge on any atom is -0.497 e. The summed E-state index contributed by atoms with van der Waals surface area (Å²) in [4.78, 5) is 54.1. The minimum absolute atomic E-state index is 0.00492. The molecule has 1 amide bonds. The fraction of sp³-hybridized carbons (Fsp3) is 0.312. The first-order valence-electron chi connectivity index (χ1n) is 13.6. The highest BCUT2D eigenvalue weighted by molar-refractivity contribution is 5.97. The fourth-order valence-corrected chi connectivity index (χ4v) is 4.49. The third-order valence-electron chi connectivity index (χ3n) is 7.67. The van der Waals surface area contributed by atoms with E-state index in [-0.39, 0.29) is 17.8 Å². The first-order chi connectivity index (χ1) is 20.0. The van der Waals surface area contributed by atoms with Crippen LogP contribution in [-0.4, -0.2) is 52.8 Å². The second-order valence-electron chi connectivity index (χ2n) is 10.5. The van der Waals surface area contributed by atoms with E-state index >= 15 is 0 Å². The number of carbonyl (C=O) groups excluding carboxylic acids is 2. The number of aromatic nitrogens is 2. The molecule has 10 heteroatoms. The van der Waals surface area contributed by atoms with Crippen molar-refractivity contribution in [1.82, 2.24) is 19.4 Å². The van der Waals surface area contributed by atoms with Crippen molar-refractivity contribution in [3.8, 4) is 5.75 Å². The van der Waals surface area contributed by atoms with Crippen molar-refractivity contribution in [3.05, 3.63) is 110 Å². The van der Waals surface area contributed by atoms with Crippen molar-refractivity contribution in [2.24, 2.45) is 7.05 Å². The van der Waals surface area contributed by atoms with Crippen molar-refractivity contribution in [1.29, 1.82) is 0 Å². The van der Waals surface area contributed by atoms with Crippen LogP contribution in [0, 0.1) is 0 Å². The lowest BCUT2D eigenvalue weighted by Gasteiger charge is -2.34. The molecule has 0 aliphatic rings. The summed E-state index contributed by atoms with van der Waals surface area (Å²) in [5.41, 5.74) is 0.901. The number of nitrogens with zero attached hydrogens (tertiary/aromatic N) is 3. The van der Waals surface area contributed by atoms with Crippen molar-refractivity contribution in [3.63, 3.8) is 0 Å². The van der Waals surface area contributed by atoms with Crippen molar-refractivity contribution >= 4 is 22.8 Å². The first kappa shape index (κ1) is 30.3. The largest absolute Gasteiger partial charge is 0.497 e. The number of rotatable bonds is 10. The van der Waals surface area contributed by atoms with Crippen LogP contribution in [0.4, 0.5) is 0 Å². The molecule has 4 aromatic rings. The van der Waals surface area contributed by atoms with Crippen LogP contribution >= 0.6 is 0 Å². The Kier molecular flexibility index (Phi) is 8.96. The summed E-state index contributed by atoms with van der Waals surface area (Å²) in [6.07, 6.45) is 0.615. The summed E-state index contributed by atoms with van der Waals surface area (Å²) in [6, 6.07) is 18.6. The van der Waals surface area contributed by atoms with E-state index in [0.717, 1.165) is 15.9 Å². The minimum atomic E-state index is -0.744. The van der Waals surface area contributed by atoms with Gasteiger partial charge in [-0.15, -0.1) is 0 Å². The summed E-state index contributed by atoms with van der Waals surface area (Å²) in [5.74, 6) is -0.0842. The molecule has 1 atom stereocenters. The topological polar surface area (TPSA) is 112 Å². The Bertz CT molecular complexity index is 1720. The van der Waals surface area contributed by atoms with E-state index in [1.807, 2.05) is 57.1 Å². The van der Waals surface area contributed by atoms with E-state index in [1.165, 1.54) is 10.6 Å². The maximum absolute atomic E-state index is 13.5. The number of hydrogen-bond acceptors (Lipinski definition) is 7. The lowest BCUT2D eigenvalue weighted by molar-refractivity contribution is -0.0876. The quantitative estimate of drug-likeness (QED) is 0.229. The van der Waals surface area contributed by atoms with Gasteiger partial charge >= 0.3 is 11.7 Å². The number of fused-ring (bicyclic) bond motifs is 1. The summed E-state index contributed by atoms with van der Waals surface area (Å²) in [5, 5.41) is 3.11. The van der Waals surface area contributed by atoms with Gasteiger partial charge in [0.1, 0.15) is 5.75 Å². The second kappa shape index (κ2) is 12.4. The number of benzene rings is 3. The zero-order valence-electron chi connectivity index (χ0n) is 24.8. The lowest BCUT2D eigenvalue weighted by Crippen LogP contribution is -2.44. The van der Waals surface area contributed by atoms with Crippen molar-refractivity contribution < 1.29 is 19.1 Å². The lowest BCUT2D eigenvalue weighted by atomic mass is 10.1. The van der Waals surface area contributed by atoms with Gasteiger partial charge in [-0.05, 0) is 81.0 Å². The number of hydrogen-bond donors (Lipinski definition) is 1. The van der Waals surface area contributed by atoms with Gasteiger partial charge in [-0.25, -0.2) is 9.59 Å². The van der Waals surface area contributed by atoms with Gasteiger partial charge in [-0.1, -0.05) is 31.2 Å². The van der Waals surface area contributed by atoms with Crippen LogP contribution in [0.3, 0.4) is 0 Å². The SMILES string of the molecule is CCC(C)(OC(=O)c1ccc(Cn2c(=O)c3cc(C(=O)NCc4ccc(OC)cc4)ccc3n(C)c2=O)cc1)N(C)C. The molecule has 1 heterocycles. The number of nitrogens with one attached hydrogen (secondary N) is 1. The molecule has 10 nitrogen and oxygen atoms in total. The van der Waals surface area contributed by atoms with E-state index in [0.29, 0.717) is 35.2 Å². The number of carbonyl (C=O) groups is 2. The average molecular weight is 573 g/mol. The molecule has 4 rings (SSSR count). The first-order valence-corrected chi connectivity index (χ1v) is 13.6. The Morgan fingerprint density at radius 2 is 1.55 bits per heavy atom. The van der Waals surface area contributed by atoms with Crippen LogP contribution < -0.4 is 21.3 Å². The van der Waals surface area contributed by atoms with E-state index in [1.54, 1.807) is 50.6 Å². The summed E-state index contributed by atoms with van der Waals surface area (Å²) >= 11 is 0. The molecule has 0 spiro atoms. The van der Waals surface area contributed by atoms with Gasteiger partial charge in [0.25, 0.3) is 11.5 Å². The van der Waals surface area contributed by atoms with Crippen LogP contribution in [0.5, 0.6) is 5.75 Å². The van der Waals surface area contributed by atoms with Gasteiger partial charge in [0.05, 0.1) is 30.1 Å². The van der Waals surface area contributed by atoms with E-state index in [4.69, 9.17) is 9.47 Å². The molecule has 220 valence electrons. The van der Waals surface area contributed by atoms with Gasteiger partial charge < -0.3 is 14.8 Å². The van der Waals surface area contributed by atoms with Gasteiger partial charge in [-0.3, -0.25) is 23.6 Å². The zero-order chi connectivity index (χ0) is 30.6. The molecule has 0 fully saturated rings. The molecular formula is C32H36N4O6. The molecule has 0 radical (unpaired) electrons. The molecule has 42 heavy (non-hydrogen) atoms. The highest BCUT2D eigenvalue weighted by atomic mass is 16.6. The molecule has 3 aromatic carbocycles. The highest BCUT2D eigenvalue weighted by Gasteiger charge is 2.29. The Morgan fingerprint density at radius 1 is 0.929 bits per heavy atom. The van der Waals surface area contributed by atoms with Crippen LogP contribution in [-0.2, 0) is 24.9 Å². The molecule has 0 saturated carbocycles. The molecule has 0 aliphatic carbocycles. The predicted molar refractivity (Wildman–Crippen MR) is 161 cm³/mol. The maximum atomic E-state index is 13.5. The van der Waals surface area contributed by atoms with Crippen LogP contribution in [0.2, 0.25) is 0 Å². The molecule has 1 N–H and O–H groups in total. The molecule has 0 aliphatic heterocycles. The van der Waals surface area contributed by atoms with Gasteiger partial charge in [0, 0.05) is 19.2 Å². The fourth-order valence-electron chi connectivity index (χ4n) is 4.49. The Balaban J connectivity index is 1.56. The van der Waals surface area contributed by atoms with E-state index < -0.39 is 22.9 Å². The molecule has 1 aromatic heterocycles. The highest BCUT2D eigenvalue weighted by Crippen LogP contribution is 2.20. The zero-order valence-corrected chi connectivity index (χ0v) is 24.8. The number of methoxy groups -OCH3 is 1. The third-order valence-corrected chi connectivity index (χ3v) is 7.67. The number of esters is 1. The number of aryl methyl sites for hydroxylation is 1. The average Bonchev–Trinajstić information content (AvgIpc) is 3.00. The van der Waals surface area contributed by atoms with Crippen LogP contribution in [0.25, 0.3) is 10.9 Å². The number of amides is 1. The normalized spacial score (nSPS) is 12.6. The summed E-state index contributed by atoms with van der Waals surface area (Å²) in [6.45, 7) is 4.08. The summed E-state index contributed by atoms with van der Waals surface area (Å²) in [7, 11) is 6.86. The Morgan fingerprint density at radius 3 is 2.14 bits per heavy atom. The smallest absolute Gasteiger partial charge is 0.339 e. The Labute approximate surface area is 244 Å². The molecule has 1 unspecified atom stereocenters. The van der Waals surface area contributed by atoms with Crippen molar-refractivity contribution in [2.75, 3.05) is 21.2 Å². The third kappa shape index (κ3) is 6.28. The molecule has 0 bridgehead atoms. The summed E-state index contributed by atoms with van der Waals surface area (Å²) < 4.78 is 13.4. The molecule has 0 saturated heterocycles. The maximum Gasteiger partial charge on any atom is 0.339 e. The Hall–Kier alpha value is -4.70. The monoisotopic (exact) mass is 572 g/mol. The van der Waals surface area contributed by atoms with E-state index in [9.17, 15) is 19.2 Å². The van der Waals surface area contributed by atoms with Gasteiger partial charge in [0.15, 0.2) is 5.72 Å². The predicted octanol–water partition coefficient (Wildman–Crippen LogP) is 3.53. The standard InChI is InChI=1S/C32H36N4O6/c1-7-32(2,34(3)4)42-30(39)23-12-8-22(9-13-23)20-36-29(38)26-18-24(14-17-27(26)35(5)31(36)40)28(37)33-19-21-10-15-25(41-6)16-11-21/h8-18H,7,19-20H2,1-6H3,(H,33,37). The molecular weight excluding hydrogens is 536 g/mol.